The van der Waals surface area contributed by atoms with E-state index in [2.05, 4.69) is 15.3 Å². The Labute approximate surface area is 115 Å². The lowest BCUT2D eigenvalue weighted by Crippen LogP contribution is -2.42. The Morgan fingerprint density at radius 1 is 1.32 bits per heavy atom. The molecule has 1 fully saturated rings. The van der Waals surface area contributed by atoms with E-state index >= 15 is 0 Å². The Morgan fingerprint density at radius 2 is 1.95 bits per heavy atom. The Hall–Kier alpha value is -1.08. The molecule has 1 aliphatic heterocycles. The molecule has 1 saturated heterocycles. The van der Waals surface area contributed by atoms with Gasteiger partial charge in [-0.05, 0) is 26.0 Å². The molecule has 1 aromatic heterocycles. The molecule has 0 radical (unpaired) electrons. The second kappa shape index (κ2) is 6.38. The highest BCUT2D eigenvalue weighted by atomic mass is 35.5. The molecule has 0 unspecified atom stereocenters. The number of halogens is 4. The summed E-state index contributed by atoms with van der Waals surface area (Å²) in [5, 5.41) is 3.16. The SMILES string of the molecule is CNC1CCN(c2nccc(C(F)(F)F)n2)CC1.Cl. The number of hydrogen-bond acceptors (Lipinski definition) is 4. The Balaban J connectivity index is 0.00000180. The third-order valence-electron chi connectivity index (χ3n) is 3.12. The molecule has 2 rings (SSSR count). The summed E-state index contributed by atoms with van der Waals surface area (Å²) in [6.45, 7) is 1.35. The quantitative estimate of drug-likeness (QED) is 0.907. The van der Waals surface area contributed by atoms with Gasteiger partial charge in [0.05, 0.1) is 0 Å². The van der Waals surface area contributed by atoms with Crippen molar-refractivity contribution in [3.8, 4) is 0 Å². The van der Waals surface area contributed by atoms with Crippen LogP contribution in [0.2, 0.25) is 0 Å². The minimum absolute atomic E-state index is 0. The third-order valence-corrected chi connectivity index (χ3v) is 3.12. The van der Waals surface area contributed by atoms with Crippen molar-refractivity contribution in [3.63, 3.8) is 0 Å². The van der Waals surface area contributed by atoms with Gasteiger partial charge in [-0.2, -0.15) is 13.2 Å². The molecule has 8 heteroatoms. The van der Waals surface area contributed by atoms with Gasteiger partial charge < -0.3 is 10.2 Å². The van der Waals surface area contributed by atoms with E-state index in [-0.39, 0.29) is 18.4 Å². The summed E-state index contributed by atoms with van der Waals surface area (Å²) in [6, 6.07) is 1.32. The molecule has 2 heterocycles. The van der Waals surface area contributed by atoms with Gasteiger partial charge in [-0.25, -0.2) is 9.97 Å². The van der Waals surface area contributed by atoms with Crippen molar-refractivity contribution >= 4 is 18.4 Å². The number of nitrogens with zero attached hydrogens (tertiary/aromatic N) is 3. The number of aromatic nitrogens is 2. The fraction of sp³-hybridized carbons (Fsp3) is 0.636. The molecule has 0 atom stereocenters. The van der Waals surface area contributed by atoms with E-state index in [0.717, 1.165) is 25.1 Å². The van der Waals surface area contributed by atoms with Gasteiger partial charge in [-0.3, -0.25) is 0 Å². The first-order valence-electron chi connectivity index (χ1n) is 5.83. The van der Waals surface area contributed by atoms with Crippen molar-refractivity contribution in [2.24, 2.45) is 0 Å². The van der Waals surface area contributed by atoms with Gasteiger partial charge in [-0.1, -0.05) is 0 Å². The largest absolute Gasteiger partial charge is 0.433 e. The molecule has 1 aliphatic rings. The molecule has 1 N–H and O–H groups in total. The second-order valence-corrected chi connectivity index (χ2v) is 4.29. The van der Waals surface area contributed by atoms with Gasteiger partial charge in [0.2, 0.25) is 5.95 Å². The second-order valence-electron chi connectivity index (χ2n) is 4.29. The average molecular weight is 297 g/mol. The van der Waals surface area contributed by atoms with Gasteiger partial charge in [-0.15, -0.1) is 12.4 Å². The van der Waals surface area contributed by atoms with Crippen molar-refractivity contribution in [1.82, 2.24) is 15.3 Å². The summed E-state index contributed by atoms with van der Waals surface area (Å²) in [4.78, 5) is 9.30. The highest BCUT2D eigenvalue weighted by Crippen LogP contribution is 2.28. The predicted molar refractivity (Wildman–Crippen MR) is 68.6 cm³/mol. The van der Waals surface area contributed by atoms with Crippen molar-refractivity contribution in [1.29, 1.82) is 0 Å². The van der Waals surface area contributed by atoms with E-state index in [9.17, 15) is 13.2 Å². The van der Waals surface area contributed by atoms with Crippen LogP contribution >= 0.6 is 12.4 Å². The zero-order chi connectivity index (χ0) is 13.2. The lowest BCUT2D eigenvalue weighted by molar-refractivity contribution is -0.141. The zero-order valence-electron chi connectivity index (χ0n) is 10.4. The van der Waals surface area contributed by atoms with Crippen LogP contribution in [0.15, 0.2) is 12.3 Å². The smallest absolute Gasteiger partial charge is 0.341 e. The minimum Gasteiger partial charge on any atom is -0.341 e. The van der Waals surface area contributed by atoms with Gasteiger partial charge in [0.25, 0.3) is 0 Å². The maximum atomic E-state index is 12.5. The Morgan fingerprint density at radius 3 is 2.47 bits per heavy atom. The topological polar surface area (TPSA) is 41.0 Å². The van der Waals surface area contributed by atoms with E-state index in [0.29, 0.717) is 19.1 Å². The van der Waals surface area contributed by atoms with Gasteiger partial charge >= 0.3 is 6.18 Å². The fourth-order valence-electron chi connectivity index (χ4n) is 2.03. The first-order valence-corrected chi connectivity index (χ1v) is 5.83. The minimum atomic E-state index is -4.42. The van der Waals surface area contributed by atoms with Crippen molar-refractivity contribution in [2.45, 2.75) is 25.1 Å². The van der Waals surface area contributed by atoms with E-state index in [1.807, 2.05) is 7.05 Å². The van der Waals surface area contributed by atoms with Crippen LogP contribution in [0.5, 0.6) is 0 Å². The number of nitrogens with one attached hydrogen (secondary N) is 1. The number of rotatable bonds is 2. The maximum absolute atomic E-state index is 12.5. The highest BCUT2D eigenvalue weighted by molar-refractivity contribution is 5.85. The standard InChI is InChI=1S/C11H15F3N4.ClH/c1-15-8-3-6-18(7-4-8)10-16-5-2-9(17-10)11(12,13)14;/h2,5,8,15H,3-4,6-7H2,1H3;1H. The number of hydrogen-bond donors (Lipinski definition) is 1. The summed E-state index contributed by atoms with van der Waals surface area (Å²) >= 11 is 0. The van der Waals surface area contributed by atoms with Crippen LogP contribution in [-0.2, 0) is 6.18 Å². The molecule has 0 aliphatic carbocycles. The van der Waals surface area contributed by atoms with Crippen LogP contribution in [0.1, 0.15) is 18.5 Å². The van der Waals surface area contributed by atoms with Crippen molar-refractivity contribution < 1.29 is 13.2 Å². The van der Waals surface area contributed by atoms with Crippen LogP contribution in [-0.4, -0.2) is 36.1 Å². The first kappa shape index (κ1) is 16.0. The van der Waals surface area contributed by atoms with Gasteiger partial charge in [0, 0.05) is 25.3 Å². The molecule has 1 aromatic rings. The van der Waals surface area contributed by atoms with E-state index < -0.39 is 11.9 Å². The molecule has 4 nitrogen and oxygen atoms in total. The van der Waals surface area contributed by atoms with Gasteiger partial charge in [0.15, 0.2) is 0 Å². The molecular weight excluding hydrogens is 281 g/mol. The molecule has 108 valence electrons. The summed E-state index contributed by atoms with van der Waals surface area (Å²) in [7, 11) is 1.89. The van der Waals surface area contributed by atoms with Crippen LogP contribution in [0.4, 0.5) is 19.1 Å². The monoisotopic (exact) mass is 296 g/mol. The highest BCUT2D eigenvalue weighted by Gasteiger charge is 2.33. The summed E-state index contributed by atoms with van der Waals surface area (Å²) in [6.07, 6.45) is -1.48. The molecule has 0 aromatic carbocycles. The van der Waals surface area contributed by atoms with Crippen LogP contribution in [0.3, 0.4) is 0 Å². The Bertz CT molecular complexity index is 405. The van der Waals surface area contributed by atoms with E-state index in [4.69, 9.17) is 0 Å². The Kier molecular flexibility index (Phi) is 5.37. The fourth-order valence-corrected chi connectivity index (χ4v) is 2.03. The summed E-state index contributed by atoms with van der Waals surface area (Å²) in [5.41, 5.74) is -0.886. The van der Waals surface area contributed by atoms with Gasteiger partial charge in [0.1, 0.15) is 5.69 Å². The maximum Gasteiger partial charge on any atom is 0.433 e. The average Bonchev–Trinajstić information content (AvgIpc) is 2.38. The molecule has 19 heavy (non-hydrogen) atoms. The van der Waals surface area contributed by atoms with Crippen LogP contribution in [0, 0.1) is 0 Å². The number of anilines is 1. The molecule has 0 saturated carbocycles. The number of alkyl halides is 3. The number of piperidine rings is 1. The summed E-state index contributed by atoms with van der Waals surface area (Å²) in [5.74, 6) is 0.166. The lowest BCUT2D eigenvalue weighted by atomic mass is 10.1. The lowest BCUT2D eigenvalue weighted by Gasteiger charge is -2.31. The molecular formula is C11H16ClF3N4. The molecule has 0 amide bonds. The molecule has 0 bridgehead atoms. The van der Waals surface area contributed by atoms with Crippen molar-refractivity contribution in [3.05, 3.63) is 18.0 Å². The van der Waals surface area contributed by atoms with Crippen LogP contribution in [0.25, 0.3) is 0 Å². The molecule has 0 spiro atoms. The van der Waals surface area contributed by atoms with E-state index in [1.165, 1.54) is 0 Å². The normalized spacial score (nSPS) is 17.2. The third kappa shape index (κ3) is 3.94. The summed E-state index contributed by atoms with van der Waals surface area (Å²) < 4.78 is 37.6. The van der Waals surface area contributed by atoms with E-state index in [1.54, 1.807) is 4.90 Å². The van der Waals surface area contributed by atoms with Crippen molar-refractivity contribution in [2.75, 3.05) is 25.0 Å². The van der Waals surface area contributed by atoms with Crippen LogP contribution < -0.4 is 10.2 Å². The zero-order valence-corrected chi connectivity index (χ0v) is 11.3. The predicted octanol–water partition coefficient (Wildman–Crippen LogP) is 2.11. The first-order chi connectivity index (χ1) is 8.50.